The van der Waals surface area contributed by atoms with Crippen molar-refractivity contribution in [3.8, 4) is 11.8 Å². The normalized spacial score (nSPS) is 21.6. The van der Waals surface area contributed by atoms with E-state index in [0.29, 0.717) is 48.5 Å². The van der Waals surface area contributed by atoms with Crippen molar-refractivity contribution in [2.45, 2.75) is 122 Å². The fourth-order valence-electron chi connectivity index (χ4n) is 5.50. The Labute approximate surface area is 198 Å². The van der Waals surface area contributed by atoms with Gasteiger partial charge in [-0.3, -0.25) is 4.79 Å². The molecule has 1 aliphatic carbocycles. The van der Waals surface area contributed by atoms with Crippen LogP contribution in [-0.2, 0) is 18.7 Å². The highest BCUT2D eigenvalue weighted by molar-refractivity contribution is 6.77. The Bertz CT molecular complexity index is 658. The van der Waals surface area contributed by atoms with Crippen LogP contribution < -0.4 is 0 Å². The number of Topliss-reactive ketones (excluding diaryl/α,β-unsaturated/α-hetero) is 1. The van der Waals surface area contributed by atoms with Crippen LogP contribution in [0.5, 0.6) is 0 Å². The zero-order valence-electron chi connectivity index (χ0n) is 21.5. The van der Waals surface area contributed by atoms with E-state index in [4.69, 9.17) is 13.9 Å². The highest BCUT2D eigenvalue weighted by atomic mass is 28.4. The van der Waals surface area contributed by atoms with Crippen LogP contribution in [0, 0.1) is 17.8 Å². The predicted molar refractivity (Wildman–Crippen MR) is 134 cm³/mol. The molecule has 4 nitrogen and oxygen atoms in total. The minimum Gasteiger partial charge on any atom is -0.402 e. The standard InChI is InChI=1S/C27H46O4Si/c1-20(2)32(21(3)4,22(5)6)31-25(11-9-8-10-12-27-29-17-18-30-27)19-24-15-13-23(7)14-16-26(24)28/h13,20-22,24-25,27H,8,10,12,14-19H2,1-7H3. The van der Waals surface area contributed by atoms with Crippen LogP contribution in [0.15, 0.2) is 11.6 Å². The molecule has 2 aliphatic rings. The zero-order valence-corrected chi connectivity index (χ0v) is 22.5. The number of carbonyl (C=O) groups is 1. The van der Waals surface area contributed by atoms with Gasteiger partial charge < -0.3 is 13.9 Å². The Kier molecular flexibility index (Phi) is 11.2. The van der Waals surface area contributed by atoms with Crippen LogP contribution in [-0.4, -0.2) is 39.7 Å². The van der Waals surface area contributed by atoms with Crippen molar-refractivity contribution in [2.24, 2.45) is 5.92 Å². The molecule has 1 heterocycles. The van der Waals surface area contributed by atoms with Crippen LogP contribution in [0.2, 0.25) is 16.6 Å². The van der Waals surface area contributed by atoms with E-state index < -0.39 is 8.32 Å². The van der Waals surface area contributed by atoms with Crippen molar-refractivity contribution in [2.75, 3.05) is 13.2 Å². The lowest BCUT2D eigenvalue weighted by molar-refractivity contribution is -0.123. The number of hydrogen-bond donors (Lipinski definition) is 0. The number of unbranched alkanes of at least 4 members (excludes halogenated alkanes) is 1. The van der Waals surface area contributed by atoms with Gasteiger partial charge in [0.25, 0.3) is 0 Å². The second kappa shape index (κ2) is 13.1. The van der Waals surface area contributed by atoms with Crippen molar-refractivity contribution in [3.63, 3.8) is 0 Å². The maximum absolute atomic E-state index is 12.8. The highest BCUT2D eigenvalue weighted by Gasteiger charge is 2.46. The molecule has 182 valence electrons. The van der Waals surface area contributed by atoms with Crippen molar-refractivity contribution in [1.29, 1.82) is 0 Å². The van der Waals surface area contributed by atoms with Gasteiger partial charge in [0.2, 0.25) is 8.32 Å². The highest BCUT2D eigenvalue weighted by Crippen LogP contribution is 2.43. The van der Waals surface area contributed by atoms with Gasteiger partial charge in [-0.2, -0.15) is 0 Å². The summed E-state index contributed by atoms with van der Waals surface area (Å²) in [6.07, 6.45) is 7.73. The Morgan fingerprint density at radius 3 is 2.28 bits per heavy atom. The van der Waals surface area contributed by atoms with Crippen LogP contribution in [0.3, 0.4) is 0 Å². The summed E-state index contributed by atoms with van der Waals surface area (Å²) in [5.74, 6) is 7.25. The monoisotopic (exact) mass is 462 g/mol. The summed E-state index contributed by atoms with van der Waals surface area (Å²) < 4.78 is 18.1. The van der Waals surface area contributed by atoms with Gasteiger partial charge in [0, 0.05) is 18.8 Å². The molecule has 2 unspecified atom stereocenters. The Hall–Kier alpha value is -0.933. The maximum Gasteiger partial charge on any atom is 0.202 e. The van der Waals surface area contributed by atoms with Crippen molar-refractivity contribution in [1.82, 2.24) is 0 Å². The molecule has 1 saturated heterocycles. The molecule has 32 heavy (non-hydrogen) atoms. The second-order valence-electron chi connectivity index (χ2n) is 10.5. The van der Waals surface area contributed by atoms with E-state index in [2.05, 4.69) is 66.4 Å². The first-order valence-corrected chi connectivity index (χ1v) is 14.9. The molecule has 0 amide bonds. The predicted octanol–water partition coefficient (Wildman–Crippen LogP) is 6.80. The van der Waals surface area contributed by atoms with Gasteiger partial charge in [-0.1, -0.05) is 59.1 Å². The first kappa shape index (κ1) is 27.3. The molecule has 0 saturated carbocycles. The number of allylic oxidation sites excluding steroid dienone is 2. The SMILES string of the molecule is CC1=CCC(CC(C#CCCCC2OCCO2)O[Si](C(C)C)(C(C)C)C(C)C)C(=O)CC1. The number of carbonyl (C=O) groups excluding carboxylic acids is 1. The molecule has 0 N–H and O–H groups in total. The first-order valence-electron chi connectivity index (χ1n) is 12.7. The van der Waals surface area contributed by atoms with Gasteiger partial charge in [0.15, 0.2) is 6.29 Å². The average Bonchev–Trinajstić information content (AvgIpc) is 3.19. The van der Waals surface area contributed by atoms with Gasteiger partial charge in [-0.15, -0.1) is 5.92 Å². The zero-order chi connectivity index (χ0) is 23.7. The third-order valence-corrected chi connectivity index (χ3v) is 13.3. The Morgan fingerprint density at radius 1 is 1.06 bits per heavy atom. The molecular weight excluding hydrogens is 416 g/mol. The number of hydrogen-bond acceptors (Lipinski definition) is 4. The Morgan fingerprint density at radius 2 is 1.69 bits per heavy atom. The third kappa shape index (κ3) is 7.55. The van der Waals surface area contributed by atoms with E-state index in [1.165, 1.54) is 5.57 Å². The topological polar surface area (TPSA) is 44.8 Å². The van der Waals surface area contributed by atoms with Crippen LogP contribution in [0.4, 0.5) is 0 Å². The summed E-state index contributed by atoms with van der Waals surface area (Å²) in [7, 11) is -2.08. The molecule has 0 radical (unpaired) electrons. The molecule has 2 atom stereocenters. The fraction of sp³-hybridized carbons (Fsp3) is 0.815. The summed E-state index contributed by atoms with van der Waals surface area (Å²) in [5.41, 5.74) is 2.82. The second-order valence-corrected chi connectivity index (χ2v) is 15.9. The van der Waals surface area contributed by atoms with Crippen molar-refractivity contribution in [3.05, 3.63) is 11.6 Å². The van der Waals surface area contributed by atoms with E-state index in [9.17, 15) is 4.79 Å². The number of ketones is 1. The molecule has 0 aromatic heterocycles. The van der Waals surface area contributed by atoms with E-state index >= 15 is 0 Å². The van der Waals surface area contributed by atoms with E-state index in [-0.39, 0.29) is 18.3 Å². The fourth-order valence-corrected chi connectivity index (χ4v) is 11.0. The minimum atomic E-state index is -2.08. The van der Waals surface area contributed by atoms with Gasteiger partial charge in [-0.05, 0) is 55.7 Å². The van der Waals surface area contributed by atoms with Crippen molar-refractivity contribution >= 4 is 14.1 Å². The van der Waals surface area contributed by atoms with E-state index in [0.717, 1.165) is 32.1 Å². The quantitative estimate of drug-likeness (QED) is 0.155. The number of ether oxygens (including phenoxy) is 2. The number of rotatable bonds is 10. The molecule has 1 aliphatic heterocycles. The lowest BCUT2D eigenvalue weighted by Gasteiger charge is -2.44. The van der Waals surface area contributed by atoms with Crippen LogP contribution >= 0.6 is 0 Å². The average molecular weight is 463 g/mol. The van der Waals surface area contributed by atoms with Gasteiger partial charge in [0.1, 0.15) is 11.9 Å². The third-order valence-electron chi connectivity index (χ3n) is 7.22. The summed E-state index contributed by atoms with van der Waals surface area (Å²) in [6, 6.07) is 0. The molecular formula is C27H46O4Si. The van der Waals surface area contributed by atoms with Gasteiger partial charge in [-0.25, -0.2) is 0 Å². The molecule has 1 fully saturated rings. The summed E-state index contributed by atoms with van der Waals surface area (Å²) in [5, 5.41) is 0. The molecule has 0 aromatic carbocycles. The van der Waals surface area contributed by atoms with Crippen LogP contribution in [0.25, 0.3) is 0 Å². The van der Waals surface area contributed by atoms with Gasteiger partial charge in [0.05, 0.1) is 13.2 Å². The summed E-state index contributed by atoms with van der Waals surface area (Å²) in [4.78, 5) is 12.8. The smallest absolute Gasteiger partial charge is 0.202 e. The first-order chi connectivity index (χ1) is 15.2. The van der Waals surface area contributed by atoms with Crippen molar-refractivity contribution < 1.29 is 18.7 Å². The molecule has 5 heteroatoms. The molecule has 0 spiro atoms. The van der Waals surface area contributed by atoms with Crippen LogP contribution in [0.1, 0.15) is 93.4 Å². The summed E-state index contributed by atoms with van der Waals surface area (Å²) in [6.45, 7) is 17.4. The molecule has 0 aromatic rings. The summed E-state index contributed by atoms with van der Waals surface area (Å²) >= 11 is 0. The lowest BCUT2D eigenvalue weighted by Crippen LogP contribution is -2.50. The molecule has 0 bridgehead atoms. The van der Waals surface area contributed by atoms with Gasteiger partial charge >= 0.3 is 0 Å². The lowest BCUT2D eigenvalue weighted by atomic mass is 9.93. The molecule has 2 rings (SSSR count). The maximum atomic E-state index is 12.8. The minimum absolute atomic E-state index is 0.0187. The largest absolute Gasteiger partial charge is 0.402 e. The van der Waals surface area contributed by atoms with E-state index in [1.54, 1.807) is 0 Å². The Balaban J connectivity index is 2.15. The van der Waals surface area contributed by atoms with E-state index in [1.807, 2.05) is 0 Å².